The van der Waals surface area contributed by atoms with Gasteiger partial charge in [-0.15, -0.1) is 0 Å². The Kier molecular flexibility index (Phi) is 7.43. The van der Waals surface area contributed by atoms with Gasteiger partial charge in [-0.3, -0.25) is 29.0 Å². The maximum absolute atomic E-state index is 15.1. The quantitative estimate of drug-likeness (QED) is 0.135. The molecule has 1 N–H and O–H groups in total. The van der Waals surface area contributed by atoms with E-state index >= 15 is 4.39 Å². The van der Waals surface area contributed by atoms with Crippen LogP contribution in [0.2, 0.25) is 0 Å². The number of rotatable bonds is 5. The van der Waals surface area contributed by atoms with Gasteiger partial charge in [-0.2, -0.15) is 0 Å². The van der Waals surface area contributed by atoms with Crippen LogP contribution in [-0.2, 0) is 19.2 Å². The minimum absolute atomic E-state index is 0.121. The van der Waals surface area contributed by atoms with E-state index in [9.17, 15) is 24.3 Å². The number of benzene rings is 5. The van der Waals surface area contributed by atoms with Gasteiger partial charge in [0, 0.05) is 22.6 Å². The summed E-state index contributed by atoms with van der Waals surface area (Å²) in [5.74, 6) is -7.42. The molecule has 3 fully saturated rings. The van der Waals surface area contributed by atoms with Crippen LogP contribution in [0.5, 0.6) is 5.75 Å². The number of aromatic nitrogens is 2. The number of hydrogen-bond donors (Lipinski definition) is 1. The fourth-order valence-corrected chi connectivity index (χ4v) is 9.73. The number of carbonyl (C=O) groups excluding carboxylic acids is 4. The van der Waals surface area contributed by atoms with E-state index in [0.29, 0.717) is 62.1 Å². The topological polar surface area (TPSA) is 147 Å². The smallest absolute Gasteiger partial charge is 0.238 e. The Labute approximate surface area is 329 Å². The number of phenols is 1. The van der Waals surface area contributed by atoms with Crippen molar-refractivity contribution in [2.75, 3.05) is 9.80 Å². The molecule has 0 radical (unpaired) electrons. The largest absolute Gasteiger partial charge is 0.505 e. The van der Waals surface area contributed by atoms with Crippen LogP contribution in [0.15, 0.2) is 136 Å². The number of imide groups is 2. The normalized spacial score (nSPS) is 24.1. The van der Waals surface area contributed by atoms with Crippen LogP contribution >= 0.6 is 0 Å². The molecule has 284 valence electrons. The number of oxazole rings is 2. The van der Waals surface area contributed by atoms with E-state index in [4.69, 9.17) is 8.83 Å². The Hall–Kier alpha value is -7.21. The Morgan fingerprint density at radius 3 is 1.69 bits per heavy atom. The molecule has 1 saturated carbocycles. The molecule has 2 aliphatic carbocycles. The van der Waals surface area contributed by atoms with E-state index in [1.165, 1.54) is 11.0 Å². The van der Waals surface area contributed by atoms with Crippen LogP contribution in [0.3, 0.4) is 0 Å². The van der Waals surface area contributed by atoms with Crippen molar-refractivity contribution in [3.05, 3.63) is 138 Å². The lowest BCUT2D eigenvalue weighted by Crippen LogP contribution is -2.43. The molecule has 2 aliphatic heterocycles. The van der Waals surface area contributed by atoms with Crippen molar-refractivity contribution in [1.82, 2.24) is 9.97 Å². The number of halogens is 1. The second-order valence-corrected chi connectivity index (χ2v) is 15.3. The Morgan fingerprint density at radius 2 is 1.12 bits per heavy atom. The molecule has 6 atom stereocenters. The first kappa shape index (κ1) is 34.1. The number of hydrogen-bond acceptors (Lipinski definition) is 9. The third kappa shape index (κ3) is 4.97. The van der Waals surface area contributed by atoms with Crippen LogP contribution in [0.4, 0.5) is 15.8 Å². The van der Waals surface area contributed by atoms with Gasteiger partial charge in [0.1, 0.15) is 11.0 Å². The summed E-state index contributed by atoms with van der Waals surface area (Å²) in [5, 5.41) is 11.1. The van der Waals surface area contributed by atoms with E-state index in [1.54, 1.807) is 54.6 Å². The predicted molar refractivity (Wildman–Crippen MR) is 209 cm³/mol. The number of para-hydroxylation sites is 5. The molecule has 4 aliphatic rings. The van der Waals surface area contributed by atoms with Crippen LogP contribution in [-0.4, -0.2) is 38.7 Å². The zero-order valence-corrected chi connectivity index (χ0v) is 30.5. The first-order chi connectivity index (χ1) is 28.2. The molecule has 2 saturated heterocycles. The minimum atomic E-state index is -0.987. The van der Waals surface area contributed by atoms with Crippen LogP contribution in [0, 0.1) is 35.4 Å². The average Bonchev–Trinajstić information content (AvgIpc) is 4.00. The molecule has 4 amide bonds. The highest BCUT2D eigenvalue weighted by Gasteiger charge is 2.62. The van der Waals surface area contributed by atoms with E-state index < -0.39 is 64.8 Å². The van der Waals surface area contributed by atoms with Gasteiger partial charge >= 0.3 is 0 Å². The van der Waals surface area contributed by atoms with Gasteiger partial charge in [-0.05, 0) is 97.6 Å². The van der Waals surface area contributed by atoms with Gasteiger partial charge in [0.15, 0.2) is 22.7 Å². The molecule has 2 aromatic heterocycles. The fraction of sp³-hybridized carbons (Fsp3) is 0.174. The highest BCUT2D eigenvalue weighted by Crippen LogP contribution is 2.59. The first-order valence-electron chi connectivity index (χ1n) is 19.1. The van der Waals surface area contributed by atoms with Crippen molar-refractivity contribution in [2.24, 2.45) is 29.6 Å². The molecule has 58 heavy (non-hydrogen) atoms. The number of nitrogens with zero attached hydrogens (tertiary/aromatic N) is 4. The summed E-state index contributed by atoms with van der Waals surface area (Å²) in [4.78, 5) is 69.2. The standard InChI is InChI=1S/C46H31FN4O7/c47-32-7-5-6-28(40(32)52)37-27-20-21-29-38(45(55)50(43(29)53)25-16-12-23(13-17-25)41-48-33-8-1-3-10-35(33)57-41)30(27)22-31-39(37)46(56)51(44(31)54)26-18-14-24(15-19-26)42-49-34-9-2-4-11-36(34)58-42/h1-20,29-31,37-39,52H,21-22H2/t29-,30+,31+,37+,38-,39+/m0/s1. The second kappa shape index (κ2) is 12.7. The zero-order chi connectivity index (χ0) is 39.4. The number of amides is 4. The SMILES string of the molecule is O=C1[C@H]2[C@H](CC=C3[C@H]2C[C@H]2C(=O)N(c4ccc(-c5nc6ccccc6o5)cc4)C(=O)[C@H]2[C@H]3c2cccc(F)c2O)C(=O)N1c1ccc(-c2nc3ccccc3o2)cc1. The van der Waals surface area contributed by atoms with Crippen molar-refractivity contribution < 1.29 is 37.5 Å². The van der Waals surface area contributed by atoms with E-state index in [-0.39, 0.29) is 24.3 Å². The summed E-state index contributed by atoms with van der Waals surface area (Å²) in [5.41, 5.74) is 5.51. The number of allylic oxidation sites excluding steroid dienone is 2. The molecule has 5 aromatic carbocycles. The van der Waals surface area contributed by atoms with Gasteiger partial charge in [0.2, 0.25) is 35.4 Å². The Morgan fingerprint density at radius 1 is 0.586 bits per heavy atom. The molecule has 7 aromatic rings. The summed E-state index contributed by atoms with van der Waals surface area (Å²) in [6, 6.07) is 32.5. The summed E-state index contributed by atoms with van der Waals surface area (Å²) in [6.45, 7) is 0. The number of phenolic OH excluding ortho intramolecular Hbond substituents is 1. The van der Waals surface area contributed by atoms with Gasteiger partial charge in [0.05, 0.1) is 35.0 Å². The third-order valence-corrected chi connectivity index (χ3v) is 12.3. The Balaban J connectivity index is 0.932. The number of carbonyl (C=O) groups is 4. The van der Waals surface area contributed by atoms with Gasteiger partial charge in [0.25, 0.3) is 0 Å². The number of fused-ring (bicyclic) bond motifs is 6. The summed E-state index contributed by atoms with van der Waals surface area (Å²) < 4.78 is 26.9. The highest BCUT2D eigenvalue weighted by atomic mass is 19.1. The van der Waals surface area contributed by atoms with Crippen LogP contribution < -0.4 is 9.80 Å². The lowest BCUT2D eigenvalue weighted by molar-refractivity contribution is -0.126. The number of aromatic hydroxyl groups is 1. The summed E-state index contributed by atoms with van der Waals surface area (Å²) in [7, 11) is 0. The van der Waals surface area contributed by atoms with Gasteiger partial charge in [-0.1, -0.05) is 48.0 Å². The average molecular weight is 771 g/mol. The maximum atomic E-state index is 15.1. The molecule has 0 spiro atoms. The van der Waals surface area contributed by atoms with Crippen molar-refractivity contribution in [3.8, 4) is 28.7 Å². The molecule has 0 unspecified atom stereocenters. The zero-order valence-electron chi connectivity index (χ0n) is 30.5. The number of anilines is 2. The summed E-state index contributed by atoms with van der Waals surface area (Å²) in [6.07, 6.45) is 2.18. The van der Waals surface area contributed by atoms with Crippen LogP contribution in [0.1, 0.15) is 24.3 Å². The molecule has 0 bridgehead atoms. The first-order valence-corrected chi connectivity index (χ1v) is 19.1. The van der Waals surface area contributed by atoms with E-state index in [2.05, 4.69) is 9.97 Å². The molecule has 4 heterocycles. The maximum Gasteiger partial charge on any atom is 0.238 e. The molecule has 11 rings (SSSR count). The van der Waals surface area contributed by atoms with E-state index in [1.807, 2.05) is 54.6 Å². The molecular weight excluding hydrogens is 740 g/mol. The minimum Gasteiger partial charge on any atom is -0.505 e. The second-order valence-electron chi connectivity index (χ2n) is 15.3. The highest BCUT2D eigenvalue weighted by molar-refractivity contribution is 6.24. The lowest BCUT2D eigenvalue weighted by atomic mass is 9.57. The van der Waals surface area contributed by atoms with Gasteiger partial charge in [-0.25, -0.2) is 14.4 Å². The predicted octanol–water partition coefficient (Wildman–Crippen LogP) is 8.19. The van der Waals surface area contributed by atoms with Crippen molar-refractivity contribution in [3.63, 3.8) is 0 Å². The molecular formula is C46H31FN4O7. The molecule has 11 nitrogen and oxygen atoms in total. The van der Waals surface area contributed by atoms with Crippen LogP contribution in [0.25, 0.3) is 45.1 Å². The fourth-order valence-electron chi connectivity index (χ4n) is 9.73. The van der Waals surface area contributed by atoms with Crippen molar-refractivity contribution >= 4 is 57.2 Å². The van der Waals surface area contributed by atoms with E-state index in [0.717, 1.165) is 11.0 Å². The lowest BCUT2D eigenvalue weighted by Gasteiger charge is -2.44. The monoisotopic (exact) mass is 770 g/mol. The van der Waals surface area contributed by atoms with Gasteiger partial charge < -0.3 is 13.9 Å². The third-order valence-electron chi connectivity index (χ3n) is 12.3. The molecule has 12 heteroatoms. The van der Waals surface area contributed by atoms with Crippen molar-refractivity contribution in [2.45, 2.75) is 18.8 Å². The van der Waals surface area contributed by atoms with Crippen molar-refractivity contribution in [1.29, 1.82) is 0 Å². The Bertz CT molecular complexity index is 2850. The summed E-state index contributed by atoms with van der Waals surface area (Å²) >= 11 is 0.